The lowest BCUT2D eigenvalue weighted by Gasteiger charge is -1.94. The Morgan fingerprint density at radius 1 is 1.38 bits per heavy atom. The second-order valence-electron chi connectivity index (χ2n) is 2.81. The van der Waals surface area contributed by atoms with Gasteiger partial charge in [-0.2, -0.15) is 0 Å². The summed E-state index contributed by atoms with van der Waals surface area (Å²) in [4.78, 5) is 8.02. The fraction of sp³-hybridized carbons (Fsp3) is 0.400. The van der Waals surface area contributed by atoms with Crippen LogP contribution in [0.15, 0.2) is 34.3 Å². The van der Waals surface area contributed by atoms with Crippen molar-refractivity contribution in [3.8, 4) is 0 Å². The number of aliphatic imine (C=N–C) groups is 2. The summed E-state index contributed by atoms with van der Waals surface area (Å²) in [5.41, 5.74) is 7.28. The largest absolute Gasteiger partial charge is 0.388 e. The van der Waals surface area contributed by atoms with Crippen molar-refractivity contribution < 1.29 is 0 Å². The summed E-state index contributed by atoms with van der Waals surface area (Å²) >= 11 is 0. The van der Waals surface area contributed by atoms with E-state index in [4.69, 9.17) is 5.73 Å². The van der Waals surface area contributed by atoms with E-state index in [1.54, 1.807) is 14.0 Å². The van der Waals surface area contributed by atoms with Gasteiger partial charge in [0.2, 0.25) is 0 Å². The average Bonchev–Trinajstić information content (AvgIpc) is 2.10. The van der Waals surface area contributed by atoms with E-state index in [1.807, 2.05) is 19.1 Å². The van der Waals surface area contributed by atoms with Crippen LogP contribution >= 0.6 is 0 Å². The molecule has 0 aliphatic heterocycles. The molecule has 0 unspecified atom stereocenters. The Morgan fingerprint density at radius 3 is 2.46 bits per heavy atom. The molecule has 0 saturated heterocycles. The predicted molar refractivity (Wildman–Crippen MR) is 59.5 cm³/mol. The van der Waals surface area contributed by atoms with E-state index < -0.39 is 0 Å². The molecule has 0 heterocycles. The molecule has 0 spiro atoms. The molecule has 72 valence electrons. The van der Waals surface area contributed by atoms with Crippen LogP contribution in [-0.2, 0) is 0 Å². The summed E-state index contributed by atoms with van der Waals surface area (Å²) in [5, 5.41) is 0. The zero-order valence-electron chi connectivity index (χ0n) is 8.54. The van der Waals surface area contributed by atoms with Gasteiger partial charge in [0.1, 0.15) is 0 Å². The van der Waals surface area contributed by atoms with Crippen molar-refractivity contribution in [1.82, 2.24) is 0 Å². The summed E-state index contributed by atoms with van der Waals surface area (Å²) in [6.45, 7) is 8.07. The molecule has 0 bridgehead atoms. The standard InChI is InChI=1S/C10H17N3/c1-8(7-13-10(3)11)5-6-9(2)12-4/h5-6H,1,7H2,2-4H3,(H2,11,13)/b6-5-,12-9?. The molecule has 0 aliphatic rings. The van der Waals surface area contributed by atoms with Crippen molar-refractivity contribution in [2.45, 2.75) is 13.8 Å². The van der Waals surface area contributed by atoms with Gasteiger partial charge in [0, 0.05) is 12.8 Å². The number of rotatable bonds is 4. The maximum Gasteiger partial charge on any atom is 0.0909 e. The van der Waals surface area contributed by atoms with Gasteiger partial charge >= 0.3 is 0 Å². The second-order valence-corrected chi connectivity index (χ2v) is 2.81. The van der Waals surface area contributed by atoms with Crippen molar-refractivity contribution in [2.24, 2.45) is 15.7 Å². The highest BCUT2D eigenvalue weighted by Gasteiger charge is 1.86. The molecule has 13 heavy (non-hydrogen) atoms. The first-order chi connectivity index (χ1) is 6.06. The smallest absolute Gasteiger partial charge is 0.0909 e. The molecule has 0 atom stereocenters. The van der Waals surface area contributed by atoms with Crippen LogP contribution in [-0.4, -0.2) is 25.1 Å². The maximum atomic E-state index is 5.38. The van der Waals surface area contributed by atoms with Crippen LogP contribution in [0.25, 0.3) is 0 Å². The van der Waals surface area contributed by atoms with Gasteiger partial charge < -0.3 is 5.73 Å². The van der Waals surface area contributed by atoms with Crippen molar-refractivity contribution in [2.75, 3.05) is 13.6 Å². The molecule has 2 N–H and O–H groups in total. The number of nitrogens with zero attached hydrogens (tertiary/aromatic N) is 2. The van der Waals surface area contributed by atoms with Crippen molar-refractivity contribution >= 4 is 11.5 Å². The lowest BCUT2D eigenvalue weighted by Crippen LogP contribution is -2.06. The normalized spacial score (nSPS) is 13.8. The van der Waals surface area contributed by atoms with E-state index in [0.29, 0.717) is 12.4 Å². The van der Waals surface area contributed by atoms with E-state index in [1.165, 1.54) is 0 Å². The molecule has 0 aromatic rings. The molecule has 0 aromatic carbocycles. The van der Waals surface area contributed by atoms with Gasteiger partial charge in [0.15, 0.2) is 0 Å². The molecule has 0 aliphatic carbocycles. The fourth-order valence-electron chi connectivity index (χ4n) is 0.592. The van der Waals surface area contributed by atoms with Crippen molar-refractivity contribution in [3.05, 3.63) is 24.3 Å². The van der Waals surface area contributed by atoms with Crippen LogP contribution in [0.3, 0.4) is 0 Å². The summed E-state index contributed by atoms with van der Waals surface area (Å²) < 4.78 is 0. The van der Waals surface area contributed by atoms with Gasteiger partial charge in [-0.3, -0.25) is 9.98 Å². The number of hydrogen-bond acceptors (Lipinski definition) is 2. The highest BCUT2D eigenvalue weighted by atomic mass is 14.8. The summed E-state index contributed by atoms with van der Waals surface area (Å²) in [6.07, 6.45) is 3.80. The first-order valence-electron chi connectivity index (χ1n) is 4.12. The zero-order valence-corrected chi connectivity index (χ0v) is 8.54. The number of allylic oxidation sites excluding steroid dienone is 1. The molecule has 0 saturated carbocycles. The Morgan fingerprint density at radius 2 is 2.00 bits per heavy atom. The minimum atomic E-state index is 0.551. The molecular weight excluding hydrogens is 162 g/mol. The van der Waals surface area contributed by atoms with Gasteiger partial charge in [-0.15, -0.1) is 0 Å². The van der Waals surface area contributed by atoms with Gasteiger partial charge in [0.05, 0.1) is 12.4 Å². The third kappa shape index (κ3) is 7.00. The fourth-order valence-corrected chi connectivity index (χ4v) is 0.592. The van der Waals surface area contributed by atoms with Crippen molar-refractivity contribution in [1.29, 1.82) is 0 Å². The van der Waals surface area contributed by atoms with Crippen molar-refractivity contribution in [3.63, 3.8) is 0 Å². The molecular formula is C10H17N3. The SMILES string of the molecule is C=C(/C=C\C(C)=NC)CN=C(C)N. The number of nitrogens with two attached hydrogens (primary N) is 1. The highest BCUT2D eigenvalue weighted by Crippen LogP contribution is 1.94. The molecule has 0 amide bonds. The topological polar surface area (TPSA) is 50.7 Å². The number of amidine groups is 1. The van der Waals surface area contributed by atoms with E-state index in [2.05, 4.69) is 16.6 Å². The zero-order chi connectivity index (χ0) is 10.3. The first-order valence-corrected chi connectivity index (χ1v) is 4.12. The molecule has 0 radical (unpaired) electrons. The number of hydrogen-bond donors (Lipinski definition) is 1. The van der Waals surface area contributed by atoms with Crippen LogP contribution in [0.5, 0.6) is 0 Å². The quantitative estimate of drug-likeness (QED) is 0.397. The van der Waals surface area contributed by atoms with Gasteiger partial charge in [-0.05, 0) is 25.5 Å². The second kappa shape index (κ2) is 6.17. The van der Waals surface area contributed by atoms with Gasteiger partial charge in [-0.1, -0.05) is 12.7 Å². The minimum Gasteiger partial charge on any atom is -0.388 e. The monoisotopic (exact) mass is 179 g/mol. The van der Waals surface area contributed by atoms with E-state index in [0.717, 1.165) is 11.3 Å². The van der Waals surface area contributed by atoms with Crippen LogP contribution in [0, 0.1) is 0 Å². The summed E-state index contributed by atoms with van der Waals surface area (Å²) in [6, 6.07) is 0. The lowest BCUT2D eigenvalue weighted by atomic mass is 10.2. The summed E-state index contributed by atoms with van der Waals surface area (Å²) in [5.74, 6) is 0.579. The molecule has 0 aromatic heterocycles. The molecule has 0 fully saturated rings. The Kier molecular flexibility index (Phi) is 5.52. The summed E-state index contributed by atoms with van der Waals surface area (Å²) in [7, 11) is 1.75. The average molecular weight is 179 g/mol. The van der Waals surface area contributed by atoms with Crippen LogP contribution in [0.1, 0.15) is 13.8 Å². The van der Waals surface area contributed by atoms with Crippen LogP contribution in [0.2, 0.25) is 0 Å². The molecule has 3 heteroatoms. The Labute approximate surface area is 79.8 Å². The molecule has 0 rings (SSSR count). The Hall–Kier alpha value is -1.38. The van der Waals surface area contributed by atoms with Crippen LogP contribution < -0.4 is 5.73 Å². The van der Waals surface area contributed by atoms with E-state index >= 15 is 0 Å². The minimum absolute atomic E-state index is 0.551. The predicted octanol–water partition coefficient (Wildman–Crippen LogP) is 1.57. The van der Waals surface area contributed by atoms with E-state index in [-0.39, 0.29) is 0 Å². The maximum absolute atomic E-state index is 5.38. The van der Waals surface area contributed by atoms with E-state index in [9.17, 15) is 0 Å². The Balaban J connectivity index is 4.02. The van der Waals surface area contributed by atoms with Gasteiger partial charge in [-0.25, -0.2) is 0 Å². The van der Waals surface area contributed by atoms with Crippen LogP contribution in [0.4, 0.5) is 0 Å². The first kappa shape index (κ1) is 11.6. The highest BCUT2D eigenvalue weighted by molar-refractivity contribution is 5.93. The third-order valence-electron chi connectivity index (χ3n) is 1.44. The Bertz CT molecular complexity index is 255. The lowest BCUT2D eigenvalue weighted by molar-refractivity contribution is 1.17. The molecule has 3 nitrogen and oxygen atoms in total. The van der Waals surface area contributed by atoms with Gasteiger partial charge in [0.25, 0.3) is 0 Å². The third-order valence-corrected chi connectivity index (χ3v) is 1.44.